The maximum Gasteiger partial charge on any atom is 0.238 e. The van der Waals surface area contributed by atoms with Gasteiger partial charge in [-0.25, -0.2) is 4.98 Å². The molecule has 2 heterocycles. The number of hydrogen-bond donors (Lipinski definition) is 1. The largest absolute Gasteiger partial charge is 0.497 e. The Morgan fingerprint density at radius 2 is 1.96 bits per heavy atom. The Kier molecular flexibility index (Phi) is 5.66. The minimum Gasteiger partial charge on any atom is -0.497 e. The van der Waals surface area contributed by atoms with Gasteiger partial charge in [0.15, 0.2) is 0 Å². The molecule has 0 atom stereocenters. The molecule has 0 spiro atoms. The Morgan fingerprint density at radius 1 is 1.23 bits per heavy atom. The van der Waals surface area contributed by atoms with Gasteiger partial charge in [-0.3, -0.25) is 9.69 Å². The number of nitrogens with zero attached hydrogens (tertiary/aromatic N) is 4. The van der Waals surface area contributed by atoms with Gasteiger partial charge in [0.25, 0.3) is 0 Å². The summed E-state index contributed by atoms with van der Waals surface area (Å²) in [5.74, 6) is 1.43. The molecule has 26 heavy (non-hydrogen) atoms. The topological polar surface area (TPSA) is 81.5 Å². The van der Waals surface area contributed by atoms with Crippen molar-refractivity contribution in [2.45, 2.75) is 0 Å². The third-order valence-corrected chi connectivity index (χ3v) is 4.32. The highest BCUT2D eigenvalue weighted by atomic mass is 16.5. The lowest BCUT2D eigenvalue weighted by atomic mass is 10.2. The van der Waals surface area contributed by atoms with E-state index in [9.17, 15) is 10.1 Å². The highest BCUT2D eigenvalue weighted by Crippen LogP contribution is 2.18. The van der Waals surface area contributed by atoms with Crippen molar-refractivity contribution in [2.75, 3.05) is 50.1 Å². The first-order chi connectivity index (χ1) is 12.7. The van der Waals surface area contributed by atoms with Gasteiger partial charge in [-0.15, -0.1) is 0 Å². The molecule has 1 aliphatic rings. The van der Waals surface area contributed by atoms with Gasteiger partial charge in [-0.2, -0.15) is 5.26 Å². The Hall–Kier alpha value is -3.11. The second-order valence-electron chi connectivity index (χ2n) is 6.03. The summed E-state index contributed by atoms with van der Waals surface area (Å²) in [5, 5.41) is 12.1. The number of benzene rings is 1. The molecule has 0 unspecified atom stereocenters. The van der Waals surface area contributed by atoms with Crippen molar-refractivity contribution in [2.24, 2.45) is 0 Å². The zero-order valence-corrected chi connectivity index (χ0v) is 14.7. The van der Waals surface area contributed by atoms with Crippen LogP contribution in [-0.4, -0.2) is 55.6 Å². The van der Waals surface area contributed by atoms with Crippen LogP contribution in [0.5, 0.6) is 5.75 Å². The zero-order chi connectivity index (χ0) is 18.4. The van der Waals surface area contributed by atoms with E-state index < -0.39 is 0 Å². The molecule has 0 aliphatic carbocycles. The molecule has 2 aromatic rings. The number of rotatable bonds is 5. The second kappa shape index (κ2) is 8.32. The molecule has 3 rings (SSSR count). The van der Waals surface area contributed by atoms with Crippen molar-refractivity contribution >= 4 is 17.4 Å². The van der Waals surface area contributed by atoms with E-state index in [1.807, 2.05) is 24.3 Å². The number of hydrogen-bond acceptors (Lipinski definition) is 6. The molecule has 1 saturated heterocycles. The molecule has 134 valence electrons. The Balaban J connectivity index is 1.50. The summed E-state index contributed by atoms with van der Waals surface area (Å²) < 4.78 is 5.11. The van der Waals surface area contributed by atoms with Crippen LogP contribution in [0.4, 0.5) is 11.5 Å². The molecular weight excluding hydrogens is 330 g/mol. The van der Waals surface area contributed by atoms with Crippen molar-refractivity contribution in [3.63, 3.8) is 0 Å². The Morgan fingerprint density at radius 3 is 2.62 bits per heavy atom. The first kappa shape index (κ1) is 17.7. The molecular formula is C19H21N5O2. The van der Waals surface area contributed by atoms with Crippen LogP contribution in [0.2, 0.25) is 0 Å². The minimum atomic E-state index is -0.0424. The minimum absolute atomic E-state index is 0.0424. The number of carbonyl (C=O) groups is 1. The monoisotopic (exact) mass is 351 g/mol. The zero-order valence-electron chi connectivity index (χ0n) is 14.7. The first-order valence-electron chi connectivity index (χ1n) is 8.46. The van der Waals surface area contributed by atoms with Crippen molar-refractivity contribution in [3.05, 3.63) is 48.2 Å². The summed E-state index contributed by atoms with van der Waals surface area (Å²) in [6.07, 6.45) is 1.70. The maximum absolute atomic E-state index is 12.2. The van der Waals surface area contributed by atoms with Gasteiger partial charge in [0.1, 0.15) is 17.6 Å². The Bertz CT molecular complexity index is 792. The standard InChI is InChI=1S/C19H21N5O2/c1-26-17-6-4-16(5-7-17)22-18(25)14-23-9-11-24(12-10-23)19-15(13-20)3-2-8-21-19/h2-8H,9-12,14H2,1H3,(H,22,25). The van der Waals surface area contributed by atoms with E-state index in [4.69, 9.17) is 4.74 Å². The van der Waals surface area contributed by atoms with Crippen LogP contribution in [0.1, 0.15) is 5.56 Å². The third kappa shape index (κ3) is 4.29. The molecule has 0 bridgehead atoms. The summed E-state index contributed by atoms with van der Waals surface area (Å²) in [5.41, 5.74) is 1.33. The van der Waals surface area contributed by atoms with E-state index >= 15 is 0 Å². The number of pyridine rings is 1. The average molecular weight is 351 g/mol. The number of methoxy groups -OCH3 is 1. The van der Waals surface area contributed by atoms with Gasteiger partial charge >= 0.3 is 0 Å². The second-order valence-corrected chi connectivity index (χ2v) is 6.03. The van der Waals surface area contributed by atoms with Crippen LogP contribution in [0.25, 0.3) is 0 Å². The van der Waals surface area contributed by atoms with Crippen molar-refractivity contribution in [1.29, 1.82) is 5.26 Å². The number of amides is 1. The number of nitriles is 1. The molecule has 7 nitrogen and oxygen atoms in total. The van der Waals surface area contributed by atoms with Crippen LogP contribution >= 0.6 is 0 Å². The third-order valence-electron chi connectivity index (χ3n) is 4.32. The van der Waals surface area contributed by atoms with Crippen LogP contribution in [0.15, 0.2) is 42.6 Å². The van der Waals surface area contributed by atoms with Gasteiger partial charge in [0, 0.05) is 38.1 Å². The Labute approximate surface area is 152 Å². The van der Waals surface area contributed by atoms with Gasteiger partial charge in [-0.05, 0) is 36.4 Å². The van der Waals surface area contributed by atoms with E-state index in [2.05, 4.69) is 26.2 Å². The summed E-state index contributed by atoms with van der Waals surface area (Å²) in [6, 6.07) is 13.0. The molecule has 1 amide bonds. The van der Waals surface area contributed by atoms with E-state index in [-0.39, 0.29) is 5.91 Å². The molecule has 1 aromatic heterocycles. The fourth-order valence-electron chi connectivity index (χ4n) is 2.93. The number of piperazine rings is 1. The predicted octanol–water partition coefficient (Wildman–Crippen LogP) is 1.72. The number of carbonyl (C=O) groups excluding carboxylic acids is 1. The van der Waals surface area contributed by atoms with Crippen molar-refractivity contribution < 1.29 is 9.53 Å². The molecule has 7 heteroatoms. The van der Waals surface area contributed by atoms with E-state index in [1.165, 1.54) is 0 Å². The van der Waals surface area contributed by atoms with Gasteiger partial charge < -0.3 is 15.0 Å². The summed E-state index contributed by atoms with van der Waals surface area (Å²) in [6.45, 7) is 3.31. The molecule has 1 aromatic carbocycles. The molecule has 0 saturated carbocycles. The van der Waals surface area contributed by atoms with Crippen LogP contribution < -0.4 is 15.0 Å². The lowest BCUT2D eigenvalue weighted by Gasteiger charge is -2.35. The van der Waals surface area contributed by atoms with Crippen LogP contribution in [0, 0.1) is 11.3 Å². The van der Waals surface area contributed by atoms with Gasteiger partial charge in [-0.1, -0.05) is 0 Å². The lowest BCUT2D eigenvalue weighted by molar-refractivity contribution is -0.117. The lowest BCUT2D eigenvalue weighted by Crippen LogP contribution is -2.49. The van der Waals surface area contributed by atoms with Crippen molar-refractivity contribution in [3.8, 4) is 11.8 Å². The number of aromatic nitrogens is 1. The SMILES string of the molecule is COc1ccc(NC(=O)CN2CCN(c3ncccc3C#N)CC2)cc1. The van der Waals surface area contributed by atoms with E-state index in [1.54, 1.807) is 25.4 Å². The molecule has 1 N–H and O–H groups in total. The maximum atomic E-state index is 12.2. The van der Waals surface area contributed by atoms with E-state index in [0.29, 0.717) is 12.1 Å². The van der Waals surface area contributed by atoms with E-state index in [0.717, 1.165) is 43.4 Å². The normalized spacial score (nSPS) is 14.5. The highest BCUT2D eigenvalue weighted by molar-refractivity contribution is 5.92. The fourth-order valence-corrected chi connectivity index (χ4v) is 2.93. The average Bonchev–Trinajstić information content (AvgIpc) is 2.69. The number of anilines is 2. The molecule has 1 fully saturated rings. The smallest absolute Gasteiger partial charge is 0.238 e. The quantitative estimate of drug-likeness (QED) is 0.883. The number of nitrogens with one attached hydrogen (secondary N) is 1. The highest BCUT2D eigenvalue weighted by Gasteiger charge is 2.21. The summed E-state index contributed by atoms with van der Waals surface area (Å²) >= 11 is 0. The van der Waals surface area contributed by atoms with Gasteiger partial charge in [0.2, 0.25) is 5.91 Å². The van der Waals surface area contributed by atoms with Crippen molar-refractivity contribution in [1.82, 2.24) is 9.88 Å². The van der Waals surface area contributed by atoms with Crippen LogP contribution in [-0.2, 0) is 4.79 Å². The summed E-state index contributed by atoms with van der Waals surface area (Å²) in [7, 11) is 1.61. The summed E-state index contributed by atoms with van der Waals surface area (Å²) in [4.78, 5) is 20.8. The van der Waals surface area contributed by atoms with Gasteiger partial charge in [0.05, 0.1) is 19.2 Å². The fraction of sp³-hybridized carbons (Fsp3) is 0.316. The molecule has 0 radical (unpaired) electrons. The van der Waals surface area contributed by atoms with Crippen LogP contribution in [0.3, 0.4) is 0 Å². The number of ether oxygens (including phenoxy) is 1. The molecule has 1 aliphatic heterocycles. The predicted molar refractivity (Wildman–Crippen MR) is 99.2 cm³/mol. The first-order valence-corrected chi connectivity index (χ1v) is 8.46.